The molecule has 6 aromatic rings. The zero-order chi connectivity index (χ0) is 25.5. The maximum atomic E-state index is 13.5. The minimum absolute atomic E-state index is 0.130. The summed E-state index contributed by atoms with van der Waals surface area (Å²) < 4.78 is 4.16. The van der Waals surface area contributed by atoms with Gasteiger partial charge in [-0.15, -0.1) is 0 Å². The Balaban J connectivity index is 1.25. The SMILES string of the molecule is Cc1ccc(CC(=O)Nc2nc3ccc(C(=O)n4ccc5ncc(-c6cnn(C)c6)cc54)cc3s2)cc1. The van der Waals surface area contributed by atoms with Crippen LogP contribution in [0, 0.1) is 6.92 Å². The van der Waals surface area contributed by atoms with E-state index in [9.17, 15) is 9.59 Å². The molecular weight excluding hydrogens is 484 g/mol. The Morgan fingerprint density at radius 1 is 0.973 bits per heavy atom. The number of carbonyl (C=O) groups excluding carboxylic acids is 2. The molecule has 4 aromatic heterocycles. The van der Waals surface area contributed by atoms with Crippen LogP contribution in [0.15, 0.2) is 79.4 Å². The molecule has 182 valence electrons. The third-order valence-corrected chi connectivity index (χ3v) is 7.10. The second kappa shape index (κ2) is 9.11. The molecule has 0 saturated carbocycles. The van der Waals surface area contributed by atoms with E-state index < -0.39 is 0 Å². The van der Waals surface area contributed by atoms with Gasteiger partial charge in [-0.2, -0.15) is 5.10 Å². The minimum atomic E-state index is -0.166. The van der Waals surface area contributed by atoms with Crippen molar-refractivity contribution in [2.24, 2.45) is 7.05 Å². The maximum Gasteiger partial charge on any atom is 0.262 e. The highest BCUT2D eigenvalue weighted by Crippen LogP contribution is 2.28. The molecule has 1 amide bonds. The highest BCUT2D eigenvalue weighted by atomic mass is 32.1. The van der Waals surface area contributed by atoms with Crippen molar-refractivity contribution in [3.8, 4) is 11.1 Å². The van der Waals surface area contributed by atoms with E-state index >= 15 is 0 Å². The number of amides is 1. The second-order valence-corrected chi connectivity index (χ2v) is 9.96. The van der Waals surface area contributed by atoms with Crippen molar-refractivity contribution >= 4 is 49.5 Å². The Morgan fingerprint density at radius 3 is 2.59 bits per heavy atom. The van der Waals surface area contributed by atoms with Gasteiger partial charge in [0, 0.05) is 42.3 Å². The first-order chi connectivity index (χ1) is 17.9. The lowest BCUT2D eigenvalue weighted by atomic mass is 10.1. The summed E-state index contributed by atoms with van der Waals surface area (Å²) in [6.45, 7) is 2.01. The van der Waals surface area contributed by atoms with Crippen molar-refractivity contribution in [3.63, 3.8) is 0 Å². The molecule has 0 unspecified atom stereocenters. The first-order valence-corrected chi connectivity index (χ1v) is 12.5. The molecule has 2 aromatic carbocycles. The van der Waals surface area contributed by atoms with Gasteiger partial charge in [-0.05, 0) is 42.8 Å². The number of pyridine rings is 1. The van der Waals surface area contributed by atoms with E-state index in [1.165, 1.54) is 11.3 Å². The molecule has 0 radical (unpaired) electrons. The number of aryl methyl sites for hydroxylation is 2. The zero-order valence-corrected chi connectivity index (χ0v) is 21.0. The van der Waals surface area contributed by atoms with Crippen LogP contribution in [-0.2, 0) is 18.3 Å². The van der Waals surface area contributed by atoms with Gasteiger partial charge in [0.15, 0.2) is 5.13 Å². The number of nitrogens with one attached hydrogen (secondary N) is 1. The Bertz CT molecular complexity index is 1790. The summed E-state index contributed by atoms with van der Waals surface area (Å²) in [7, 11) is 1.86. The first kappa shape index (κ1) is 22.8. The van der Waals surface area contributed by atoms with Gasteiger partial charge in [0.2, 0.25) is 5.91 Å². The van der Waals surface area contributed by atoms with Crippen molar-refractivity contribution in [2.45, 2.75) is 13.3 Å². The molecule has 0 fully saturated rings. The Labute approximate surface area is 216 Å². The topological polar surface area (TPSA) is 94.7 Å². The number of thiazole rings is 1. The van der Waals surface area contributed by atoms with Crippen LogP contribution in [0.25, 0.3) is 32.4 Å². The minimum Gasteiger partial charge on any atom is -0.302 e. The number of rotatable bonds is 5. The van der Waals surface area contributed by atoms with E-state index in [0.29, 0.717) is 10.7 Å². The van der Waals surface area contributed by atoms with Crippen LogP contribution < -0.4 is 5.32 Å². The van der Waals surface area contributed by atoms with E-state index in [4.69, 9.17) is 0 Å². The van der Waals surface area contributed by atoms with Crippen molar-refractivity contribution < 1.29 is 9.59 Å². The lowest BCUT2D eigenvalue weighted by Gasteiger charge is -2.05. The summed E-state index contributed by atoms with van der Waals surface area (Å²) in [5.41, 5.74) is 6.62. The summed E-state index contributed by atoms with van der Waals surface area (Å²) in [6, 6.07) is 17.0. The van der Waals surface area contributed by atoms with Gasteiger partial charge < -0.3 is 5.32 Å². The largest absolute Gasteiger partial charge is 0.302 e. The van der Waals surface area contributed by atoms with Gasteiger partial charge in [-0.1, -0.05) is 41.2 Å². The molecule has 8 nitrogen and oxygen atoms in total. The molecule has 4 heterocycles. The fraction of sp³-hybridized carbons (Fsp3) is 0.107. The van der Waals surface area contributed by atoms with Crippen molar-refractivity contribution in [3.05, 3.63) is 96.1 Å². The van der Waals surface area contributed by atoms with Gasteiger partial charge in [0.25, 0.3) is 5.91 Å². The predicted octanol–water partition coefficient (Wildman–Crippen LogP) is 5.22. The fourth-order valence-corrected chi connectivity index (χ4v) is 5.14. The number of hydrogen-bond donors (Lipinski definition) is 1. The molecule has 9 heteroatoms. The highest BCUT2D eigenvalue weighted by molar-refractivity contribution is 7.22. The number of benzene rings is 2. The molecule has 0 atom stereocenters. The smallest absolute Gasteiger partial charge is 0.262 e. The third kappa shape index (κ3) is 4.52. The van der Waals surface area contributed by atoms with Crippen LogP contribution in [0.2, 0.25) is 0 Å². The van der Waals surface area contributed by atoms with Crippen molar-refractivity contribution in [1.29, 1.82) is 0 Å². The monoisotopic (exact) mass is 506 g/mol. The standard InChI is InChI=1S/C28H22N6O2S/c1-17-3-5-18(6-4-17)11-26(35)32-28-31-23-8-7-19(13-25(23)37-28)27(36)34-10-9-22-24(34)12-20(14-29-22)21-15-30-33(2)16-21/h3-10,12-16H,11H2,1-2H3,(H,31,32,35). The normalized spacial score (nSPS) is 11.3. The van der Waals surface area contributed by atoms with E-state index in [2.05, 4.69) is 20.4 Å². The molecular formula is C28H22N6O2S. The summed E-state index contributed by atoms with van der Waals surface area (Å²) in [4.78, 5) is 35.0. The molecule has 0 bridgehead atoms. The van der Waals surface area contributed by atoms with Gasteiger partial charge in [-0.3, -0.25) is 23.8 Å². The van der Waals surface area contributed by atoms with Crippen molar-refractivity contribution in [1.82, 2.24) is 24.3 Å². The molecule has 0 aliphatic rings. The highest BCUT2D eigenvalue weighted by Gasteiger charge is 2.16. The predicted molar refractivity (Wildman–Crippen MR) is 145 cm³/mol. The number of carbonyl (C=O) groups is 2. The average molecular weight is 507 g/mol. The number of aromatic nitrogens is 5. The quantitative estimate of drug-likeness (QED) is 0.346. The van der Waals surface area contributed by atoms with E-state index in [-0.39, 0.29) is 18.2 Å². The van der Waals surface area contributed by atoms with E-state index in [1.54, 1.807) is 40.0 Å². The molecule has 0 aliphatic carbocycles. The third-order valence-electron chi connectivity index (χ3n) is 6.16. The van der Waals surface area contributed by atoms with Crippen LogP contribution in [0.4, 0.5) is 5.13 Å². The Hall–Kier alpha value is -4.63. The van der Waals surface area contributed by atoms with Crippen LogP contribution in [-0.4, -0.2) is 36.1 Å². The van der Waals surface area contributed by atoms with Crippen LogP contribution in [0.1, 0.15) is 21.5 Å². The second-order valence-electron chi connectivity index (χ2n) is 8.93. The summed E-state index contributed by atoms with van der Waals surface area (Å²) in [5, 5.41) is 7.61. The van der Waals surface area contributed by atoms with Crippen LogP contribution in [0.5, 0.6) is 0 Å². The van der Waals surface area contributed by atoms with Gasteiger partial charge in [-0.25, -0.2) is 4.98 Å². The summed E-state index contributed by atoms with van der Waals surface area (Å²) in [6.07, 6.45) is 7.47. The molecule has 0 saturated heterocycles. The Morgan fingerprint density at radius 2 is 1.81 bits per heavy atom. The maximum absolute atomic E-state index is 13.5. The number of hydrogen-bond acceptors (Lipinski definition) is 6. The van der Waals surface area contributed by atoms with Crippen molar-refractivity contribution in [2.75, 3.05) is 5.32 Å². The number of fused-ring (bicyclic) bond motifs is 2. The van der Waals surface area contributed by atoms with Gasteiger partial charge >= 0.3 is 0 Å². The fourth-order valence-electron chi connectivity index (χ4n) is 4.22. The number of nitrogens with zero attached hydrogens (tertiary/aromatic N) is 5. The first-order valence-electron chi connectivity index (χ1n) is 11.7. The summed E-state index contributed by atoms with van der Waals surface area (Å²) in [5.74, 6) is -0.296. The zero-order valence-electron chi connectivity index (χ0n) is 20.2. The van der Waals surface area contributed by atoms with Crippen LogP contribution >= 0.6 is 11.3 Å². The molecule has 1 N–H and O–H groups in total. The van der Waals surface area contributed by atoms with Crippen LogP contribution in [0.3, 0.4) is 0 Å². The Kier molecular flexibility index (Phi) is 5.61. The molecule has 37 heavy (non-hydrogen) atoms. The molecule has 0 aliphatic heterocycles. The van der Waals surface area contributed by atoms with E-state index in [0.717, 1.165) is 43.5 Å². The van der Waals surface area contributed by atoms with Gasteiger partial charge in [0.1, 0.15) is 0 Å². The lowest BCUT2D eigenvalue weighted by Crippen LogP contribution is -2.14. The lowest BCUT2D eigenvalue weighted by molar-refractivity contribution is -0.115. The molecule has 6 rings (SSSR count). The average Bonchev–Trinajstić information content (AvgIpc) is 3.61. The molecule has 0 spiro atoms. The summed E-state index contributed by atoms with van der Waals surface area (Å²) >= 11 is 1.35. The van der Waals surface area contributed by atoms with Gasteiger partial charge in [0.05, 0.1) is 33.9 Å². The number of anilines is 1. The van der Waals surface area contributed by atoms with E-state index in [1.807, 2.05) is 62.6 Å².